The van der Waals surface area contributed by atoms with Gasteiger partial charge in [-0.25, -0.2) is 4.39 Å². The number of hydrogen-bond acceptors (Lipinski definition) is 3. The highest BCUT2D eigenvalue weighted by molar-refractivity contribution is 5.85. The SMILES string of the molecule is CC(C)(Oc1ccc(F)cc1)C(=O)N1CCC[C@H](c2ccn[nH]2)C1. The van der Waals surface area contributed by atoms with E-state index in [9.17, 15) is 9.18 Å². The average molecular weight is 331 g/mol. The highest BCUT2D eigenvalue weighted by Crippen LogP contribution is 2.28. The van der Waals surface area contributed by atoms with E-state index in [1.807, 2.05) is 11.0 Å². The zero-order chi connectivity index (χ0) is 17.2. The van der Waals surface area contributed by atoms with E-state index in [1.165, 1.54) is 24.3 Å². The zero-order valence-corrected chi connectivity index (χ0v) is 14.0. The van der Waals surface area contributed by atoms with Crippen LogP contribution in [0.25, 0.3) is 0 Å². The van der Waals surface area contributed by atoms with Crippen LogP contribution in [0.4, 0.5) is 4.39 Å². The molecule has 1 aromatic carbocycles. The van der Waals surface area contributed by atoms with Gasteiger partial charge in [0.2, 0.25) is 0 Å². The molecule has 1 atom stereocenters. The molecule has 1 aromatic heterocycles. The standard InChI is InChI=1S/C18H22FN3O2/c1-18(2,24-15-7-5-14(19)6-8-15)17(23)22-11-3-4-13(12-22)16-9-10-20-21-16/h5-10,13H,3-4,11-12H2,1-2H3,(H,20,21)/t13-/m0/s1. The number of carbonyl (C=O) groups is 1. The molecule has 0 unspecified atom stereocenters. The molecule has 1 fully saturated rings. The molecular formula is C18H22FN3O2. The van der Waals surface area contributed by atoms with Crippen molar-refractivity contribution in [1.29, 1.82) is 0 Å². The van der Waals surface area contributed by atoms with E-state index in [2.05, 4.69) is 10.2 Å². The molecule has 128 valence electrons. The lowest BCUT2D eigenvalue weighted by Crippen LogP contribution is -2.51. The molecule has 1 N–H and O–H groups in total. The summed E-state index contributed by atoms with van der Waals surface area (Å²) in [6, 6.07) is 7.68. The maximum absolute atomic E-state index is 13.0. The molecule has 5 nitrogen and oxygen atoms in total. The first kappa shape index (κ1) is 16.5. The van der Waals surface area contributed by atoms with Crippen LogP contribution in [0.5, 0.6) is 5.75 Å². The first-order valence-corrected chi connectivity index (χ1v) is 8.19. The molecule has 3 rings (SSSR count). The number of hydrogen-bond donors (Lipinski definition) is 1. The van der Waals surface area contributed by atoms with E-state index in [-0.39, 0.29) is 17.6 Å². The van der Waals surface area contributed by atoms with E-state index in [1.54, 1.807) is 20.0 Å². The Hall–Kier alpha value is -2.37. The maximum atomic E-state index is 13.0. The van der Waals surface area contributed by atoms with Crippen molar-refractivity contribution in [2.75, 3.05) is 13.1 Å². The van der Waals surface area contributed by atoms with Crippen LogP contribution in [0.2, 0.25) is 0 Å². The normalized spacial score (nSPS) is 18.5. The predicted octanol–water partition coefficient (Wildman–Crippen LogP) is 3.11. The van der Waals surface area contributed by atoms with Crippen LogP contribution < -0.4 is 4.74 Å². The highest BCUT2D eigenvalue weighted by atomic mass is 19.1. The Morgan fingerprint density at radius 3 is 2.75 bits per heavy atom. The number of halogens is 1. The van der Waals surface area contributed by atoms with Crippen LogP contribution in [0.3, 0.4) is 0 Å². The third kappa shape index (κ3) is 3.58. The number of aromatic nitrogens is 2. The number of benzene rings is 1. The quantitative estimate of drug-likeness (QED) is 0.936. The number of carbonyl (C=O) groups excluding carboxylic acids is 1. The molecule has 2 aromatic rings. The van der Waals surface area contributed by atoms with Gasteiger partial charge >= 0.3 is 0 Å². The summed E-state index contributed by atoms with van der Waals surface area (Å²) in [7, 11) is 0. The topological polar surface area (TPSA) is 58.2 Å². The minimum atomic E-state index is -1.01. The first-order chi connectivity index (χ1) is 11.5. The van der Waals surface area contributed by atoms with Crippen molar-refractivity contribution in [2.45, 2.75) is 38.2 Å². The summed E-state index contributed by atoms with van der Waals surface area (Å²) in [6.45, 7) is 4.87. The second-order valence-electron chi connectivity index (χ2n) is 6.67. The monoisotopic (exact) mass is 331 g/mol. The Labute approximate surface area is 140 Å². The van der Waals surface area contributed by atoms with Gasteiger partial charge in [-0.05, 0) is 57.0 Å². The molecule has 0 bridgehead atoms. The van der Waals surface area contributed by atoms with Crippen LogP contribution in [0, 0.1) is 5.82 Å². The van der Waals surface area contributed by atoms with Crippen LogP contribution in [-0.2, 0) is 4.79 Å². The minimum Gasteiger partial charge on any atom is -0.478 e. The Balaban J connectivity index is 1.68. The van der Waals surface area contributed by atoms with Crippen molar-refractivity contribution < 1.29 is 13.9 Å². The summed E-state index contributed by atoms with van der Waals surface area (Å²) in [5, 5.41) is 6.99. The molecule has 1 saturated heterocycles. The molecular weight excluding hydrogens is 309 g/mol. The van der Waals surface area contributed by atoms with E-state index in [0.29, 0.717) is 12.3 Å². The maximum Gasteiger partial charge on any atom is 0.266 e. The van der Waals surface area contributed by atoms with Crippen LogP contribution in [-0.4, -0.2) is 39.7 Å². The van der Waals surface area contributed by atoms with Gasteiger partial charge in [0.15, 0.2) is 5.60 Å². The van der Waals surface area contributed by atoms with Gasteiger partial charge in [-0.3, -0.25) is 9.89 Å². The molecule has 6 heteroatoms. The van der Waals surface area contributed by atoms with Crippen molar-refractivity contribution in [1.82, 2.24) is 15.1 Å². The number of rotatable bonds is 4. The second kappa shape index (κ2) is 6.63. The van der Waals surface area contributed by atoms with Crippen molar-refractivity contribution in [2.24, 2.45) is 0 Å². The lowest BCUT2D eigenvalue weighted by molar-refractivity contribution is -0.146. The number of nitrogens with zero attached hydrogens (tertiary/aromatic N) is 2. The minimum absolute atomic E-state index is 0.0592. The summed E-state index contributed by atoms with van der Waals surface area (Å²) in [4.78, 5) is 14.8. The fourth-order valence-electron chi connectivity index (χ4n) is 3.13. The van der Waals surface area contributed by atoms with Gasteiger partial charge in [-0.2, -0.15) is 5.10 Å². The summed E-state index contributed by atoms with van der Waals surface area (Å²) in [5.74, 6) is 0.365. The molecule has 0 radical (unpaired) electrons. The van der Waals surface area contributed by atoms with Gasteiger partial charge in [0, 0.05) is 30.9 Å². The number of H-pyrrole nitrogens is 1. The van der Waals surface area contributed by atoms with Crippen molar-refractivity contribution >= 4 is 5.91 Å². The summed E-state index contributed by atoms with van der Waals surface area (Å²) >= 11 is 0. The summed E-state index contributed by atoms with van der Waals surface area (Å²) < 4.78 is 18.8. The smallest absolute Gasteiger partial charge is 0.266 e. The van der Waals surface area contributed by atoms with Gasteiger partial charge in [0.05, 0.1) is 0 Å². The Bertz CT molecular complexity index is 683. The van der Waals surface area contributed by atoms with Crippen LogP contribution >= 0.6 is 0 Å². The van der Waals surface area contributed by atoms with Gasteiger partial charge < -0.3 is 9.64 Å². The number of likely N-dealkylation sites (tertiary alicyclic amines) is 1. The third-order valence-electron chi connectivity index (χ3n) is 4.37. The van der Waals surface area contributed by atoms with Crippen molar-refractivity contribution in [3.05, 3.63) is 48.0 Å². The van der Waals surface area contributed by atoms with Crippen molar-refractivity contribution in [3.8, 4) is 5.75 Å². The van der Waals surface area contributed by atoms with Gasteiger partial charge in [0.25, 0.3) is 5.91 Å². The highest BCUT2D eigenvalue weighted by Gasteiger charge is 2.37. The third-order valence-corrected chi connectivity index (χ3v) is 4.37. The lowest BCUT2D eigenvalue weighted by Gasteiger charge is -2.37. The number of nitrogens with one attached hydrogen (secondary N) is 1. The number of amides is 1. The van der Waals surface area contributed by atoms with E-state index in [4.69, 9.17) is 4.74 Å². The molecule has 24 heavy (non-hydrogen) atoms. The summed E-state index contributed by atoms with van der Waals surface area (Å²) in [5.41, 5.74) is 0.0537. The van der Waals surface area contributed by atoms with E-state index in [0.717, 1.165) is 25.1 Å². The van der Waals surface area contributed by atoms with Gasteiger partial charge in [-0.15, -0.1) is 0 Å². The summed E-state index contributed by atoms with van der Waals surface area (Å²) in [6.07, 6.45) is 3.71. The van der Waals surface area contributed by atoms with Crippen LogP contribution in [0.1, 0.15) is 38.3 Å². The zero-order valence-electron chi connectivity index (χ0n) is 14.0. The van der Waals surface area contributed by atoms with Gasteiger partial charge in [-0.1, -0.05) is 0 Å². The number of aromatic amines is 1. The first-order valence-electron chi connectivity index (χ1n) is 8.19. The predicted molar refractivity (Wildman–Crippen MR) is 88.2 cm³/mol. The average Bonchev–Trinajstić information content (AvgIpc) is 3.11. The molecule has 0 spiro atoms. The molecule has 1 aliphatic rings. The second-order valence-corrected chi connectivity index (χ2v) is 6.67. The largest absolute Gasteiger partial charge is 0.478 e. The molecule has 2 heterocycles. The number of piperidine rings is 1. The molecule has 0 aliphatic carbocycles. The lowest BCUT2D eigenvalue weighted by atomic mass is 9.93. The van der Waals surface area contributed by atoms with E-state index >= 15 is 0 Å². The Morgan fingerprint density at radius 1 is 1.33 bits per heavy atom. The van der Waals surface area contributed by atoms with Crippen molar-refractivity contribution in [3.63, 3.8) is 0 Å². The molecule has 0 saturated carbocycles. The van der Waals surface area contributed by atoms with Crippen LogP contribution in [0.15, 0.2) is 36.5 Å². The fraction of sp³-hybridized carbons (Fsp3) is 0.444. The number of ether oxygens (including phenoxy) is 1. The Morgan fingerprint density at radius 2 is 2.08 bits per heavy atom. The Kier molecular flexibility index (Phi) is 4.55. The van der Waals surface area contributed by atoms with E-state index < -0.39 is 5.60 Å². The molecule has 1 amide bonds. The van der Waals surface area contributed by atoms with Gasteiger partial charge in [0.1, 0.15) is 11.6 Å². The fourth-order valence-corrected chi connectivity index (χ4v) is 3.13. The molecule has 1 aliphatic heterocycles.